The second kappa shape index (κ2) is 12.0. The van der Waals surface area contributed by atoms with Gasteiger partial charge < -0.3 is 13.9 Å². The van der Waals surface area contributed by atoms with E-state index in [0.29, 0.717) is 16.9 Å². The summed E-state index contributed by atoms with van der Waals surface area (Å²) in [5.74, 6) is 0.958. The van der Waals surface area contributed by atoms with Crippen LogP contribution in [-0.4, -0.2) is 41.6 Å². The van der Waals surface area contributed by atoms with Crippen molar-refractivity contribution in [1.29, 1.82) is 0 Å². The number of aryl methyl sites for hydroxylation is 1. The molecule has 42 heavy (non-hydrogen) atoms. The van der Waals surface area contributed by atoms with Crippen LogP contribution in [0, 0.1) is 6.92 Å². The molecule has 0 aliphatic heterocycles. The molecule has 0 aliphatic carbocycles. The van der Waals surface area contributed by atoms with E-state index in [4.69, 9.17) is 13.9 Å². The third kappa shape index (κ3) is 6.74. The summed E-state index contributed by atoms with van der Waals surface area (Å²) in [7, 11) is -3.96. The van der Waals surface area contributed by atoms with Crippen LogP contribution in [0.15, 0.2) is 95.0 Å². The summed E-state index contributed by atoms with van der Waals surface area (Å²) < 4.78 is 46.3. The molecular weight excluding hydrogens is 554 g/mol. The molecule has 10 nitrogen and oxygen atoms in total. The van der Waals surface area contributed by atoms with Gasteiger partial charge in [0, 0.05) is 12.4 Å². The fourth-order valence-electron chi connectivity index (χ4n) is 4.09. The van der Waals surface area contributed by atoms with E-state index < -0.39 is 10.0 Å². The van der Waals surface area contributed by atoms with Gasteiger partial charge in [-0.3, -0.25) is 4.72 Å². The maximum atomic E-state index is 13.4. The fraction of sp³-hybridized carbons (Fsp3) is 0.226. The molecule has 0 unspecified atom stereocenters. The van der Waals surface area contributed by atoms with E-state index in [1.165, 1.54) is 6.33 Å². The van der Waals surface area contributed by atoms with Crippen molar-refractivity contribution >= 4 is 15.8 Å². The van der Waals surface area contributed by atoms with Crippen LogP contribution in [0.4, 0.5) is 5.82 Å². The number of sulfonamides is 1. The van der Waals surface area contributed by atoms with Crippen molar-refractivity contribution in [1.82, 2.24) is 19.9 Å². The summed E-state index contributed by atoms with van der Waals surface area (Å²) in [5, 5.41) is 0. The van der Waals surface area contributed by atoms with Crippen LogP contribution >= 0.6 is 0 Å². The monoisotopic (exact) mass is 585 g/mol. The van der Waals surface area contributed by atoms with Crippen molar-refractivity contribution in [3.05, 3.63) is 96.8 Å². The predicted molar refractivity (Wildman–Crippen MR) is 159 cm³/mol. The fourth-order valence-corrected chi connectivity index (χ4v) is 5.11. The second-order valence-electron chi connectivity index (χ2n) is 10.6. The molecule has 11 heteroatoms. The van der Waals surface area contributed by atoms with Gasteiger partial charge in [-0.25, -0.2) is 28.4 Å². The Kier molecular flexibility index (Phi) is 8.21. The molecule has 0 saturated heterocycles. The van der Waals surface area contributed by atoms with E-state index >= 15 is 0 Å². The molecule has 5 rings (SSSR count). The van der Waals surface area contributed by atoms with Crippen LogP contribution < -0.4 is 14.2 Å². The first-order valence-electron chi connectivity index (χ1n) is 13.3. The third-order valence-corrected chi connectivity index (χ3v) is 7.76. The molecule has 0 aliphatic rings. The Labute approximate surface area is 244 Å². The number of hydrogen-bond acceptors (Lipinski definition) is 9. The number of anilines is 1. The molecule has 5 aromatic rings. The van der Waals surface area contributed by atoms with Crippen molar-refractivity contribution in [3.8, 4) is 34.3 Å². The number of benzene rings is 2. The average molecular weight is 586 g/mol. The summed E-state index contributed by atoms with van der Waals surface area (Å²) in [6.07, 6.45) is 6.05. The van der Waals surface area contributed by atoms with Crippen LogP contribution in [0.2, 0.25) is 0 Å². The smallest absolute Gasteiger partial charge is 0.316 e. The largest absolute Gasteiger partial charge is 0.473 e. The van der Waals surface area contributed by atoms with Crippen molar-refractivity contribution in [2.24, 2.45) is 0 Å². The highest BCUT2D eigenvalue weighted by Crippen LogP contribution is 2.35. The third-order valence-electron chi connectivity index (χ3n) is 6.40. The van der Waals surface area contributed by atoms with E-state index in [1.807, 2.05) is 49.4 Å². The van der Waals surface area contributed by atoms with Crippen LogP contribution in [0.1, 0.15) is 31.9 Å². The quantitative estimate of drug-likeness (QED) is 0.194. The average Bonchev–Trinajstić information content (AvgIpc) is 3.51. The van der Waals surface area contributed by atoms with Gasteiger partial charge in [-0.1, -0.05) is 62.7 Å². The molecule has 0 spiro atoms. The molecule has 216 valence electrons. The normalized spacial score (nSPS) is 11.7. The number of furan rings is 1. The highest BCUT2D eigenvalue weighted by atomic mass is 32.2. The summed E-state index contributed by atoms with van der Waals surface area (Å²) in [4.78, 5) is 17.1. The van der Waals surface area contributed by atoms with E-state index in [9.17, 15) is 8.42 Å². The van der Waals surface area contributed by atoms with Crippen molar-refractivity contribution in [2.45, 2.75) is 38.0 Å². The Balaban J connectivity index is 1.34. The van der Waals surface area contributed by atoms with Crippen LogP contribution in [0.5, 0.6) is 11.9 Å². The molecule has 0 bridgehead atoms. The highest BCUT2D eigenvalue weighted by molar-refractivity contribution is 7.92. The van der Waals surface area contributed by atoms with Gasteiger partial charge in [-0.2, -0.15) is 0 Å². The van der Waals surface area contributed by atoms with E-state index in [0.717, 1.165) is 16.7 Å². The standard InChI is InChI=1S/C31H31N5O5S/c1-21-7-9-22(10-8-21)27-28(36-42(37,38)25-13-11-24(12-14-25)31(2,3)4)34-20-35-29(27)40-16-17-41-30-32-18-23(19-33-30)26-6-5-15-39-26/h5-15,18-20H,16-17H2,1-4H3,(H,34,35,36). The van der Waals surface area contributed by atoms with Crippen LogP contribution in [-0.2, 0) is 15.4 Å². The maximum absolute atomic E-state index is 13.4. The number of aromatic nitrogens is 4. The van der Waals surface area contributed by atoms with Gasteiger partial charge in [0.1, 0.15) is 25.3 Å². The van der Waals surface area contributed by atoms with Gasteiger partial charge in [-0.15, -0.1) is 0 Å². The Morgan fingerprint density at radius 2 is 1.52 bits per heavy atom. The molecule has 0 radical (unpaired) electrons. The topological polar surface area (TPSA) is 129 Å². The number of nitrogens with zero attached hydrogens (tertiary/aromatic N) is 4. The number of hydrogen-bond donors (Lipinski definition) is 1. The SMILES string of the molecule is Cc1ccc(-c2c(NS(=O)(=O)c3ccc(C(C)(C)C)cc3)ncnc2OCCOc2ncc(-c3ccco3)cn2)cc1. The van der Waals surface area contributed by atoms with Gasteiger partial charge in [-0.05, 0) is 47.7 Å². The Morgan fingerprint density at radius 1 is 0.833 bits per heavy atom. The maximum Gasteiger partial charge on any atom is 0.316 e. The zero-order valence-corrected chi connectivity index (χ0v) is 24.6. The zero-order chi connectivity index (χ0) is 29.7. The summed E-state index contributed by atoms with van der Waals surface area (Å²) >= 11 is 0. The Hall–Kier alpha value is -4.77. The molecule has 3 heterocycles. The first-order valence-corrected chi connectivity index (χ1v) is 14.8. The molecule has 0 atom stereocenters. The molecule has 0 saturated carbocycles. The number of nitrogens with one attached hydrogen (secondary N) is 1. The minimum absolute atomic E-state index is 0.0969. The summed E-state index contributed by atoms with van der Waals surface area (Å²) in [6.45, 7) is 8.40. The summed E-state index contributed by atoms with van der Waals surface area (Å²) in [6, 6.07) is 18.2. The summed E-state index contributed by atoms with van der Waals surface area (Å²) in [5.41, 5.74) is 3.80. The lowest BCUT2D eigenvalue weighted by Gasteiger charge is -2.19. The van der Waals surface area contributed by atoms with E-state index in [1.54, 1.807) is 36.9 Å². The van der Waals surface area contributed by atoms with Crippen molar-refractivity contribution in [2.75, 3.05) is 17.9 Å². The lowest BCUT2D eigenvalue weighted by atomic mass is 9.87. The molecule has 2 aromatic carbocycles. The number of ether oxygens (including phenoxy) is 2. The van der Waals surface area contributed by atoms with Gasteiger partial charge >= 0.3 is 6.01 Å². The lowest BCUT2D eigenvalue weighted by molar-refractivity contribution is 0.202. The van der Waals surface area contributed by atoms with Crippen molar-refractivity contribution < 1.29 is 22.3 Å². The molecule has 1 N–H and O–H groups in total. The van der Waals surface area contributed by atoms with Gasteiger partial charge in [0.2, 0.25) is 5.88 Å². The Bertz CT molecular complexity index is 1730. The first-order chi connectivity index (χ1) is 20.1. The first kappa shape index (κ1) is 28.7. The number of rotatable bonds is 10. The molecular formula is C31H31N5O5S. The second-order valence-corrected chi connectivity index (χ2v) is 12.3. The molecule has 0 fully saturated rings. The van der Waals surface area contributed by atoms with Gasteiger partial charge in [0.25, 0.3) is 10.0 Å². The predicted octanol–water partition coefficient (Wildman–Crippen LogP) is 6.06. The van der Waals surface area contributed by atoms with Gasteiger partial charge in [0.05, 0.1) is 22.3 Å². The minimum Gasteiger partial charge on any atom is -0.473 e. The molecule has 3 aromatic heterocycles. The Morgan fingerprint density at radius 3 is 2.17 bits per heavy atom. The van der Waals surface area contributed by atoms with Crippen molar-refractivity contribution in [3.63, 3.8) is 0 Å². The van der Waals surface area contributed by atoms with Crippen LogP contribution in [0.25, 0.3) is 22.5 Å². The van der Waals surface area contributed by atoms with Gasteiger partial charge in [0.15, 0.2) is 5.82 Å². The lowest BCUT2D eigenvalue weighted by Crippen LogP contribution is -2.17. The van der Waals surface area contributed by atoms with E-state index in [2.05, 4.69) is 45.4 Å². The van der Waals surface area contributed by atoms with E-state index in [-0.39, 0.29) is 41.2 Å². The highest BCUT2D eigenvalue weighted by Gasteiger charge is 2.22. The van der Waals surface area contributed by atoms with Crippen LogP contribution in [0.3, 0.4) is 0 Å². The molecule has 0 amide bonds. The minimum atomic E-state index is -3.96. The zero-order valence-electron chi connectivity index (χ0n) is 23.7.